The third kappa shape index (κ3) is 3.50. The second-order valence-electron chi connectivity index (χ2n) is 5.90. The van der Waals surface area contributed by atoms with E-state index in [1.165, 1.54) is 25.7 Å². The van der Waals surface area contributed by atoms with Gasteiger partial charge in [0, 0.05) is 13.1 Å². The van der Waals surface area contributed by atoms with Crippen molar-refractivity contribution in [1.29, 1.82) is 0 Å². The fourth-order valence-corrected chi connectivity index (χ4v) is 2.69. The summed E-state index contributed by atoms with van der Waals surface area (Å²) in [5.74, 6) is 1.54. The summed E-state index contributed by atoms with van der Waals surface area (Å²) in [6.45, 7) is 1.82. The summed E-state index contributed by atoms with van der Waals surface area (Å²) in [5, 5.41) is -0.529. The monoisotopic (exact) mass is 277 g/mol. The Bertz CT molecular complexity index is 425. The minimum absolute atomic E-state index is 0.0895. The van der Waals surface area contributed by atoms with Crippen LogP contribution in [-0.4, -0.2) is 23.9 Å². The lowest BCUT2D eigenvalue weighted by Gasteiger charge is -2.25. The Morgan fingerprint density at radius 3 is 2.11 bits per heavy atom. The first-order valence-electron chi connectivity index (χ1n) is 7.22. The van der Waals surface area contributed by atoms with Crippen molar-refractivity contribution in [3.05, 3.63) is 35.9 Å². The van der Waals surface area contributed by atoms with Crippen LogP contribution in [0.1, 0.15) is 36.6 Å². The van der Waals surface area contributed by atoms with E-state index in [-0.39, 0.29) is 5.91 Å². The molecule has 0 heterocycles. The van der Waals surface area contributed by atoms with Crippen molar-refractivity contribution in [2.45, 2.75) is 31.1 Å². The number of alkyl halides is 1. The average Bonchev–Trinajstić information content (AvgIpc) is 3.32. The van der Waals surface area contributed by atoms with Gasteiger partial charge in [0.25, 0.3) is 0 Å². The highest BCUT2D eigenvalue weighted by atomic mass is 35.5. The van der Waals surface area contributed by atoms with E-state index in [0.29, 0.717) is 0 Å². The third-order valence-electron chi connectivity index (χ3n) is 3.97. The predicted octanol–water partition coefficient (Wildman–Crippen LogP) is 3.62. The zero-order valence-electron chi connectivity index (χ0n) is 11.1. The maximum Gasteiger partial charge on any atom is 0.245 e. The fraction of sp³-hybridized carbons (Fsp3) is 0.562. The standard InChI is InChI=1S/C16H20ClNO/c17-15(14-4-2-1-3-5-14)16(19)18(10-12-6-7-12)11-13-8-9-13/h1-5,12-13,15H,6-11H2. The molecule has 1 amide bonds. The van der Waals surface area contributed by atoms with Crippen LogP contribution in [0.3, 0.4) is 0 Å². The summed E-state index contributed by atoms with van der Waals surface area (Å²) in [4.78, 5) is 14.6. The highest BCUT2D eigenvalue weighted by Gasteiger charge is 2.33. The largest absolute Gasteiger partial charge is 0.341 e. The minimum atomic E-state index is -0.529. The van der Waals surface area contributed by atoms with Crippen LogP contribution in [0.25, 0.3) is 0 Å². The highest BCUT2D eigenvalue weighted by molar-refractivity contribution is 6.30. The molecule has 2 fully saturated rings. The van der Waals surface area contributed by atoms with Gasteiger partial charge in [-0.05, 0) is 43.1 Å². The van der Waals surface area contributed by atoms with Gasteiger partial charge < -0.3 is 4.90 Å². The smallest absolute Gasteiger partial charge is 0.245 e. The van der Waals surface area contributed by atoms with Gasteiger partial charge in [-0.2, -0.15) is 0 Å². The Morgan fingerprint density at radius 2 is 1.63 bits per heavy atom. The third-order valence-corrected chi connectivity index (χ3v) is 4.41. The van der Waals surface area contributed by atoms with Crippen LogP contribution < -0.4 is 0 Å². The molecule has 19 heavy (non-hydrogen) atoms. The Hall–Kier alpha value is -1.02. The van der Waals surface area contributed by atoms with E-state index in [1.54, 1.807) is 0 Å². The van der Waals surface area contributed by atoms with Crippen molar-refractivity contribution in [1.82, 2.24) is 4.90 Å². The van der Waals surface area contributed by atoms with Crippen LogP contribution >= 0.6 is 11.6 Å². The number of benzene rings is 1. The summed E-state index contributed by atoms with van der Waals surface area (Å²) in [5.41, 5.74) is 0.908. The van der Waals surface area contributed by atoms with Crippen molar-refractivity contribution in [3.63, 3.8) is 0 Å². The van der Waals surface area contributed by atoms with E-state index in [0.717, 1.165) is 30.5 Å². The van der Waals surface area contributed by atoms with Crippen LogP contribution in [0.15, 0.2) is 30.3 Å². The molecule has 0 radical (unpaired) electrons. The summed E-state index contributed by atoms with van der Waals surface area (Å²) in [6.07, 6.45) is 5.08. The van der Waals surface area contributed by atoms with Crippen LogP contribution in [0, 0.1) is 11.8 Å². The Kier molecular flexibility index (Phi) is 3.79. The topological polar surface area (TPSA) is 20.3 Å². The van der Waals surface area contributed by atoms with Crippen LogP contribution in [0.2, 0.25) is 0 Å². The summed E-state index contributed by atoms with van der Waals surface area (Å²) in [7, 11) is 0. The maximum atomic E-state index is 12.6. The lowest BCUT2D eigenvalue weighted by molar-refractivity contribution is -0.131. The van der Waals surface area contributed by atoms with Crippen LogP contribution in [0.5, 0.6) is 0 Å². The first kappa shape index (κ1) is 13.0. The van der Waals surface area contributed by atoms with Gasteiger partial charge in [-0.25, -0.2) is 0 Å². The fourth-order valence-electron chi connectivity index (χ4n) is 2.40. The van der Waals surface area contributed by atoms with Crippen LogP contribution in [0.4, 0.5) is 0 Å². The molecule has 1 unspecified atom stereocenters. The van der Waals surface area contributed by atoms with Gasteiger partial charge in [0.1, 0.15) is 5.38 Å². The van der Waals surface area contributed by atoms with Crippen molar-refractivity contribution in [3.8, 4) is 0 Å². The number of hydrogen-bond donors (Lipinski definition) is 0. The highest BCUT2D eigenvalue weighted by Crippen LogP contribution is 2.35. The first-order chi connectivity index (χ1) is 9.24. The molecule has 0 N–H and O–H groups in total. The molecule has 2 nitrogen and oxygen atoms in total. The van der Waals surface area contributed by atoms with Gasteiger partial charge in [0.2, 0.25) is 5.91 Å². The lowest BCUT2D eigenvalue weighted by atomic mass is 10.1. The number of hydrogen-bond acceptors (Lipinski definition) is 1. The van der Waals surface area contributed by atoms with E-state index in [2.05, 4.69) is 0 Å². The molecule has 102 valence electrons. The second kappa shape index (κ2) is 5.54. The molecule has 2 saturated carbocycles. The van der Waals surface area contributed by atoms with Gasteiger partial charge in [0.15, 0.2) is 0 Å². The van der Waals surface area contributed by atoms with Crippen molar-refractivity contribution < 1.29 is 4.79 Å². The molecule has 0 spiro atoms. The average molecular weight is 278 g/mol. The molecule has 0 aromatic heterocycles. The summed E-state index contributed by atoms with van der Waals surface area (Å²) < 4.78 is 0. The van der Waals surface area contributed by atoms with E-state index < -0.39 is 5.38 Å². The Balaban J connectivity index is 1.67. The minimum Gasteiger partial charge on any atom is -0.341 e. The Labute approximate surface area is 119 Å². The normalized spacial score (nSPS) is 20.1. The first-order valence-corrected chi connectivity index (χ1v) is 7.65. The van der Waals surface area contributed by atoms with E-state index in [1.807, 2.05) is 35.2 Å². The Morgan fingerprint density at radius 1 is 1.11 bits per heavy atom. The zero-order valence-corrected chi connectivity index (χ0v) is 11.9. The molecule has 1 aromatic carbocycles. The van der Waals surface area contributed by atoms with Crippen molar-refractivity contribution in [2.24, 2.45) is 11.8 Å². The SMILES string of the molecule is O=C(C(Cl)c1ccccc1)N(CC1CC1)CC1CC1. The van der Waals surface area contributed by atoms with Gasteiger partial charge in [-0.3, -0.25) is 4.79 Å². The number of amides is 1. The lowest BCUT2D eigenvalue weighted by Crippen LogP contribution is -2.36. The molecular formula is C16H20ClNO. The second-order valence-corrected chi connectivity index (χ2v) is 6.34. The number of nitrogens with zero attached hydrogens (tertiary/aromatic N) is 1. The number of carbonyl (C=O) groups excluding carboxylic acids is 1. The van der Waals surface area contributed by atoms with E-state index in [4.69, 9.17) is 11.6 Å². The molecule has 0 saturated heterocycles. The van der Waals surface area contributed by atoms with E-state index >= 15 is 0 Å². The summed E-state index contributed by atoms with van der Waals surface area (Å²) >= 11 is 6.37. The number of halogens is 1. The zero-order chi connectivity index (χ0) is 13.2. The number of carbonyl (C=O) groups is 1. The van der Waals surface area contributed by atoms with E-state index in [9.17, 15) is 4.79 Å². The maximum absolute atomic E-state index is 12.6. The van der Waals surface area contributed by atoms with Gasteiger partial charge in [-0.15, -0.1) is 11.6 Å². The molecular weight excluding hydrogens is 258 g/mol. The molecule has 1 aromatic rings. The molecule has 3 rings (SSSR count). The van der Waals surface area contributed by atoms with Crippen molar-refractivity contribution in [2.75, 3.05) is 13.1 Å². The quantitative estimate of drug-likeness (QED) is 0.728. The van der Waals surface area contributed by atoms with Gasteiger partial charge in [0.05, 0.1) is 0 Å². The number of rotatable bonds is 6. The molecule has 2 aliphatic carbocycles. The molecule has 0 aliphatic heterocycles. The van der Waals surface area contributed by atoms with Gasteiger partial charge >= 0.3 is 0 Å². The summed E-state index contributed by atoms with van der Waals surface area (Å²) in [6, 6.07) is 9.68. The predicted molar refractivity (Wildman–Crippen MR) is 77.1 cm³/mol. The van der Waals surface area contributed by atoms with Gasteiger partial charge in [-0.1, -0.05) is 30.3 Å². The molecule has 3 heteroatoms. The molecule has 2 aliphatic rings. The molecule has 1 atom stereocenters. The van der Waals surface area contributed by atoms with Crippen LogP contribution in [-0.2, 0) is 4.79 Å². The van der Waals surface area contributed by atoms with Crippen molar-refractivity contribution >= 4 is 17.5 Å². The molecule has 0 bridgehead atoms.